The lowest BCUT2D eigenvalue weighted by Gasteiger charge is -2.09. The van der Waals surface area contributed by atoms with Gasteiger partial charge >= 0.3 is 0 Å². The van der Waals surface area contributed by atoms with Crippen LogP contribution in [0, 0.1) is 0 Å². The molecule has 5 aromatic rings. The molecule has 8 heteroatoms. The van der Waals surface area contributed by atoms with Gasteiger partial charge in [0.2, 0.25) is 0 Å². The molecule has 0 bridgehead atoms. The molecule has 0 saturated carbocycles. The molecule has 0 radical (unpaired) electrons. The number of aromatic amines is 1. The number of H-pyrrole nitrogens is 1. The molecule has 4 heterocycles. The van der Waals surface area contributed by atoms with Crippen LogP contribution in [0.15, 0.2) is 36.7 Å². The molecule has 1 aliphatic carbocycles. The Morgan fingerprint density at radius 1 is 1.14 bits per heavy atom. The smallest absolute Gasteiger partial charge is 0.200 e. The molecule has 1 aliphatic rings. The third-order valence-corrected chi connectivity index (χ3v) is 6.70. The number of aromatic nitrogens is 6. The zero-order chi connectivity index (χ0) is 19.4. The molecular formula is C21H18N6OS. The number of fused-ring (bicyclic) bond motifs is 5. The lowest BCUT2D eigenvalue weighted by Crippen LogP contribution is -1.99. The lowest BCUT2D eigenvalue weighted by molar-refractivity contribution is 0.415. The maximum atomic E-state index is 5.23. The largest absolute Gasteiger partial charge is 0.497 e. The van der Waals surface area contributed by atoms with Crippen LogP contribution in [0.4, 0.5) is 0 Å². The summed E-state index contributed by atoms with van der Waals surface area (Å²) in [7, 11) is 1.66. The maximum Gasteiger partial charge on any atom is 0.200 e. The van der Waals surface area contributed by atoms with Gasteiger partial charge in [-0.25, -0.2) is 14.5 Å². The summed E-state index contributed by atoms with van der Waals surface area (Å²) in [4.78, 5) is 12.0. The van der Waals surface area contributed by atoms with Crippen LogP contribution in [-0.2, 0) is 12.8 Å². The molecule has 6 rings (SSSR count). The first-order valence-electron chi connectivity index (χ1n) is 9.66. The number of aryl methyl sites for hydroxylation is 2. The van der Waals surface area contributed by atoms with Crippen molar-refractivity contribution in [2.45, 2.75) is 25.7 Å². The summed E-state index contributed by atoms with van der Waals surface area (Å²) in [6.45, 7) is 0. The Morgan fingerprint density at radius 2 is 2.00 bits per heavy atom. The highest BCUT2D eigenvalue weighted by Gasteiger charge is 2.21. The Hall–Kier alpha value is -3.26. The fourth-order valence-corrected chi connectivity index (χ4v) is 5.24. The average molecular weight is 402 g/mol. The maximum absolute atomic E-state index is 5.23. The highest BCUT2D eigenvalue weighted by Crippen LogP contribution is 2.37. The van der Waals surface area contributed by atoms with Gasteiger partial charge in [0.25, 0.3) is 0 Å². The molecule has 1 aromatic carbocycles. The Balaban J connectivity index is 1.44. The van der Waals surface area contributed by atoms with Gasteiger partial charge in [-0.3, -0.25) is 5.10 Å². The number of hydrogen-bond donors (Lipinski definition) is 1. The number of hydrogen-bond acceptors (Lipinski definition) is 6. The SMILES string of the molecule is COc1ccc(-c2cc(-c3nc4c5c6c(sc5ncn4n3)CCCC6)[nH]n2)cc1. The van der Waals surface area contributed by atoms with Gasteiger partial charge in [-0.15, -0.1) is 16.4 Å². The first-order valence-corrected chi connectivity index (χ1v) is 10.5. The predicted molar refractivity (Wildman–Crippen MR) is 112 cm³/mol. The number of benzene rings is 1. The number of thiophene rings is 1. The number of nitrogens with zero attached hydrogens (tertiary/aromatic N) is 5. The molecule has 29 heavy (non-hydrogen) atoms. The molecule has 7 nitrogen and oxygen atoms in total. The zero-order valence-corrected chi connectivity index (χ0v) is 16.7. The van der Waals surface area contributed by atoms with E-state index in [4.69, 9.17) is 9.72 Å². The van der Waals surface area contributed by atoms with E-state index in [9.17, 15) is 0 Å². The topological polar surface area (TPSA) is 81.0 Å². The first-order chi connectivity index (χ1) is 14.3. The summed E-state index contributed by atoms with van der Waals surface area (Å²) in [5.74, 6) is 1.45. The van der Waals surface area contributed by atoms with Gasteiger partial charge < -0.3 is 4.74 Å². The number of nitrogens with one attached hydrogen (secondary N) is 1. The van der Waals surface area contributed by atoms with Crippen molar-refractivity contribution in [2.75, 3.05) is 7.11 Å². The van der Waals surface area contributed by atoms with E-state index in [1.165, 1.54) is 28.7 Å². The summed E-state index contributed by atoms with van der Waals surface area (Å²) in [6, 6.07) is 9.80. The van der Waals surface area contributed by atoms with Crippen molar-refractivity contribution in [2.24, 2.45) is 0 Å². The van der Waals surface area contributed by atoms with Crippen LogP contribution in [0.2, 0.25) is 0 Å². The molecule has 0 spiro atoms. The second-order valence-corrected chi connectivity index (χ2v) is 8.32. The third kappa shape index (κ3) is 2.63. The minimum atomic E-state index is 0.627. The molecule has 0 atom stereocenters. The van der Waals surface area contributed by atoms with Gasteiger partial charge in [-0.2, -0.15) is 5.10 Å². The molecular weight excluding hydrogens is 384 g/mol. The van der Waals surface area contributed by atoms with Crippen LogP contribution in [0.25, 0.3) is 38.6 Å². The first kappa shape index (κ1) is 16.7. The Labute approximate surface area is 170 Å². The van der Waals surface area contributed by atoms with Crippen LogP contribution in [0.1, 0.15) is 23.3 Å². The summed E-state index contributed by atoms with van der Waals surface area (Å²) < 4.78 is 7.01. The van der Waals surface area contributed by atoms with Crippen LogP contribution >= 0.6 is 11.3 Å². The highest BCUT2D eigenvalue weighted by atomic mass is 32.1. The standard InChI is InChI=1S/C21H18N6OS/c1-28-13-8-6-12(7-9-13)15-10-16(25-24-15)19-23-20-18-14-4-2-3-5-17(14)29-21(18)22-11-27(20)26-19/h6-11H,2-5H2,1H3,(H,24,25). The molecule has 0 aliphatic heterocycles. The molecule has 1 N–H and O–H groups in total. The van der Waals surface area contributed by atoms with Crippen molar-refractivity contribution < 1.29 is 4.74 Å². The number of rotatable bonds is 3. The van der Waals surface area contributed by atoms with Gasteiger partial charge in [0.1, 0.15) is 22.6 Å². The fraction of sp³-hybridized carbons (Fsp3) is 0.238. The second kappa shape index (κ2) is 6.38. The quantitative estimate of drug-likeness (QED) is 0.487. The lowest BCUT2D eigenvalue weighted by atomic mass is 9.97. The van der Waals surface area contributed by atoms with Gasteiger partial charge in [-0.1, -0.05) is 0 Å². The zero-order valence-electron chi connectivity index (χ0n) is 15.8. The fourth-order valence-electron chi connectivity index (χ4n) is 4.01. The van der Waals surface area contributed by atoms with Gasteiger partial charge in [0.05, 0.1) is 18.2 Å². The van der Waals surface area contributed by atoms with E-state index >= 15 is 0 Å². The molecule has 0 amide bonds. The minimum absolute atomic E-state index is 0.627. The average Bonchev–Trinajstić information content (AvgIpc) is 3.48. The summed E-state index contributed by atoms with van der Waals surface area (Å²) in [5.41, 5.74) is 4.93. The summed E-state index contributed by atoms with van der Waals surface area (Å²) >= 11 is 1.80. The third-order valence-electron chi connectivity index (χ3n) is 5.50. The van der Waals surface area contributed by atoms with E-state index in [0.717, 1.165) is 46.0 Å². The van der Waals surface area contributed by atoms with Crippen molar-refractivity contribution in [1.82, 2.24) is 29.8 Å². The summed E-state index contributed by atoms with van der Waals surface area (Å²) in [5, 5.41) is 13.3. The predicted octanol–water partition coefficient (Wildman–Crippen LogP) is 4.28. The van der Waals surface area contributed by atoms with Gasteiger partial charge in [0, 0.05) is 10.4 Å². The van der Waals surface area contributed by atoms with Crippen LogP contribution in [0.5, 0.6) is 5.75 Å². The van der Waals surface area contributed by atoms with E-state index in [0.29, 0.717) is 5.82 Å². The molecule has 144 valence electrons. The van der Waals surface area contributed by atoms with Gasteiger partial charge in [0.15, 0.2) is 11.5 Å². The van der Waals surface area contributed by atoms with Crippen LogP contribution in [0.3, 0.4) is 0 Å². The van der Waals surface area contributed by atoms with Crippen molar-refractivity contribution in [3.8, 4) is 28.5 Å². The number of ether oxygens (including phenoxy) is 1. The Morgan fingerprint density at radius 3 is 2.86 bits per heavy atom. The van der Waals surface area contributed by atoms with Gasteiger partial charge in [-0.05, 0) is 61.6 Å². The summed E-state index contributed by atoms with van der Waals surface area (Å²) in [6.07, 6.45) is 6.50. The second-order valence-electron chi connectivity index (χ2n) is 7.23. The molecule has 0 saturated heterocycles. The van der Waals surface area contributed by atoms with E-state index < -0.39 is 0 Å². The van der Waals surface area contributed by atoms with Crippen molar-refractivity contribution in [1.29, 1.82) is 0 Å². The minimum Gasteiger partial charge on any atom is -0.497 e. The Bertz CT molecular complexity index is 1350. The van der Waals surface area contributed by atoms with E-state index in [2.05, 4.69) is 20.3 Å². The van der Waals surface area contributed by atoms with Crippen molar-refractivity contribution in [3.05, 3.63) is 47.1 Å². The normalized spacial score (nSPS) is 13.8. The van der Waals surface area contributed by atoms with E-state index in [1.807, 2.05) is 30.3 Å². The molecule has 0 unspecified atom stereocenters. The van der Waals surface area contributed by atoms with E-state index in [-0.39, 0.29) is 0 Å². The van der Waals surface area contributed by atoms with E-state index in [1.54, 1.807) is 29.3 Å². The molecule has 0 fully saturated rings. The monoisotopic (exact) mass is 402 g/mol. The van der Waals surface area contributed by atoms with Crippen molar-refractivity contribution in [3.63, 3.8) is 0 Å². The molecule has 4 aromatic heterocycles. The van der Waals surface area contributed by atoms with Crippen LogP contribution in [-0.4, -0.2) is 36.9 Å². The van der Waals surface area contributed by atoms with Crippen molar-refractivity contribution >= 4 is 27.2 Å². The van der Waals surface area contributed by atoms with Crippen LogP contribution < -0.4 is 4.74 Å². The highest BCUT2D eigenvalue weighted by molar-refractivity contribution is 7.19. The number of methoxy groups -OCH3 is 1. The Kier molecular flexibility index (Phi) is 3.67.